The van der Waals surface area contributed by atoms with Gasteiger partial charge < -0.3 is 14.6 Å². The predicted molar refractivity (Wildman–Crippen MR) is 93.5 cm³/mol. The van der Waals surface area contributed by atoms with Crippen LogP contribution >= 0.6 is 0 Å². The van der Waals surface area contributed by atoms with Gasteiger partial charge in [0.15, 0.2) is 0 Å². The zero-order chi connectivity index (χ0) is 17.4. The highest BCUT2D eigenvalue weighted by atomic mass is 16.5. The Balaban J connectivity index is 1.55. The number of nitrogens with one attached hydrogen (secondary N) is 1. The van der Waals surface area contributed by atoms with Crippen molar-refractivity contribution in [3.05, 3.63) is 23.0 Å². The standard InChI is InChI=1S/C19H25N3O3/c1-12-10-15(16-13(2)22-25-18(16)20-12)17(23)21-14-6-9-24-19(11-14)7-4-3-5-8-19/h10,14H,3-9,11H2,1-2H3,(H,21,23). The van der Waals surface area contributed by atoms with E-state index < -0.39 is 0 Å². The van der Waals surface area contributed by atoms with Crippen LogP contribution in [0.5, 0.6) is 0 Å². The van der Waals surface area contributed by atoms with E-state index in [9.17, 15) is 4.79 Å². The summed E-state index contributed by atoms with van der Waals surface area (Å²) in [4.78, 5) is 17.3. The van der Waals surface area contributed by atoms with Crippen molar-refractivity contribution in [1.82, 2.24) is 15.5 Å². The summed E-state index contributed by atoms with van der Waals surface area (Å²) in [5.74, 6) is -0.0698. The Morgan fingerprint density at radius 2 is 2.08 bits per heavy atom. The zero-order valence-electron chi connectivity index (χ0n) is 14.9. The number of carbonyl (C=O) groups excluding carboxylic acids is 1. The summed E-state index contributed by atoms with van der Waals surface area (Å²) in [5, 5.41) is 7.90. The number of hydrogen-bond donors (Lipinski definition) is 1. The van der Waals surface area contributed by atoms with Crippen molar-refractivity contribution in [3.8, 4) is 0 Å². The van der Waals surface area contributed by atoms with Gasteiger partial charge in [-0.1, -0.05) is 24.4 Å². The lowest BCUT2D eigenvalue weighted by Gasteiger charge is -2.43. The summed E-state index contributed by atoms with van der Waals surface area (Å²) in [7, 11) is 0. The molecule has 1 spiro atoms. The Bertz CT molecular complexity index is 787. The Morgan fingerprint density at radius 1 is 1.28 bits per heavy atom. The Hall–Kier alpha value is -1.95. The lowest BCUT2D eigenvalue weighted by Crippen LogP contribution is -2.49. The van der Waals surface area contributed by atoms with Crippen molar-refractivity contribution in [2.24, 2.45) is 0 Å². The number of hydrogen-bond acceptors (Lipinski definition) is 5. The van der Waals surface area contributed by atoms with Gasteiger partial charge in [0, 0.05) is 18.3 Å². The number of amides is 1. The van der Waals surface area contributed by atoms with Gasteiger partial charge in [0.05, 0.1) is 22.2 Å². The number of ether oxygens (including phenoxy) is 1. The van der Waals surface area contributed by atoms with Crippen LogP contribution in [0.1, 0.15) is 66.7 Å². The molecule has 6 heteroatoms. The number of fused-ring (bicyclic) bond motifs is 1. The van der Waals surface area contributed by atoms with Gasteiger partial charge in [-0.15, -0.1) is 0 Å². The molecule has 1 unspecified atom stereocenters. The minimum Gasteiger partial charge on any atom is -0.375 e. The fourth-order valence-corrected chi connectivity index (χ4v) is 4.36. The van der Waals surface area contributed by atoms with Crippen LogP contribution < -0.4 is 5.32 Å². The molecule has 134 valence electrons. The second-order valence-electron chi connectivity index (χ2n) is 7.51. The van der Waals surface area contributed by atoms with Crippen LogP contribution in [0.2, 0.25) is 0 Å². The van der Waals surface area contributed by atoms with Crippen molar-refractivity contribution in [2.75, 3.05) is 6.61 Å². The monoisotopic (exact) mass is 343 g/mol. The van der Waals surface area contributed by atoms with Crippen molar-refractivity contribution in [3.63, 3.8) is 0 Å². The molecule has 1 atom stereocenters. The maximum atomic E-state index is 13.0. The van der Waals surface area contributed by atoms with E-state index in [0.717, 1.165) is 38.0 Å². The van der Waals surface area contributed by atoms with E-state index in [2.05, 4.69) is 15.5 Å². The normalized spacial score (nSPS) is 23.0. The van der Waals surface area contributed by atoms with Crippen LogP contribution in [-0.2, 0) is 4.74 Å². The maximum Gasteiger partial charge on any atom is 0.258 e. The third-order valence-corrected chi connectivity index (χ3v) is 5.58. The number of nitrogens with zero attached hydrogens (tertiary/aromatic N) is 2. The molecule has 4 rings (SSSR count). The SMILES string of the molecule is Cc1cc(C(=O)NC2CCOC3(CCCCC3)C2)c2c(C)noc2n1. The number of aryl methyl sites for hydroxylation is 2. The summed E-state index contributed by atoms with van der Waals surface area (Å²) in [6, 6.07) is 1.97. The van der Waals surface area contributed by atoms with Gasteiger partial charge in [0.1, 0.15) is 0 Å². The maximum absolute atomic E-state index is 13.0. The van der Waals surface area contributed by atoms with Crippen LogP contribution in [0.4, 0.5) is 0 Å². The first-order valence-electron chi connectivity index (χ1n) is 9.25. The Kier molecular flexibility index (Phi) is 4.23. The van der Waals surface area contributed by atoms with Crippen molar-refractivity contribution < 1.29 is 14.1 Å². The highest BCUT2D eigenvalue weighted by Crippen LogP contribution is 2.38. The predicted octanol–water partition coefficient (Wildman–Crippen LogP) is 3.45. The van der Waals surface area contributed by atoms with Gasteiger partial charge in [-0.05, 0) is 45.6 Å². The zero-order valence-corrected chi connectivity index (χ0v) is 14.9. The molecule has 2 aliphatic rings. The molecular weight excluding hydrogens is 318 g/mol. The van der Waals surface area contributed by atoms with E-state index in [-0.39, 0.29) is 17.6 Å². The van der Waals surface area contributed by atoms with Gasteiger partial charge >= 0.3 is 0 Å². The van der Waals surface area contributed by atoms with E-state index in [1.807, 2.05) is 19.9 Å². The van der Waals surface area contributed by atoms with Gasteiger partial charge in [-0.2, -0.15) is 0 Å². The third kappa shape index (κ3) is 3.15. The fourth-order valence-electron chi connectivity index (χ4n) is 4.36. The molecular formula is C19H25N3O3. The van der Waals surface area contributed by atoms with Gasteiger partial charge in [0.2, 0.25) is 0 Å². The molecule has 2 aromatic rings. The van der Waals surface area contributed by atoms with E-state index in [4.69, 9.17) is 9.26 Å². The van der Waals surface area contributed by atoms with E-state index >= 15 is 0 Å². The van der Waals surface area contributed by atoms with Gasteiger partial charge in [-0.25, -0.2) is 4.98 Å². The number of aromatic nitrogens is 2. The van der Waals surface area contributed by atoms with Crippen molar-refractivity contribution >= 4 is 17.0 Å². The lowest BCUT2D eigenvalue weighted by atomic mass is 9.78. The number of carbonyl (C=O) groups is 1. The summed E-state index contributed by atoms with van der Waals surface area (Å²) < 4.78 is 11.4. The molecule has 1 saturated heterocycles. The van der Waals surface area contributed by atoms with Crippen LogP contribution in [0.25, 0.3) is 11.1 Å². The molecule has 0 aromatic carbocycles. The molecule has 3 heterocycles. The van der Waals surface area contributed by atoms with Crippen LogP contribution in [0, 0.1) is 13.8 Å². The molecule has 1 amide bonds. The molecule has 2 fully saturated rings. The second-order valence-corrected chi connectivity index (χ2v) is 7.51. The number of pyridine rings is 1. The summed E-state index contributed by atoms with van der Waals surface area (Å²) in [5.41, 5.74) is 2.46. The molecule has 1 N–H and O–H groups in total. The number of rotatable bonds is 2. The molecule has 1 aliphatic carbocycles. The third-order valence-electron chi connectivity index (χ3n) is 5.58. The fraction of sp³-hybridized carbons (Fsp3) is 0.632. The second kappa shape index (κ2) is 6.41. The van der Waals surface area contributed by atoms with Gasteiger partial charge in [-0.3, -0.25) is 4.79 Å². The minimum absolute atomic E-state index is 0.0228. The molecule has 6 nitrogen and oxygen atoms in total. The van der Waals surface area contributed by atoms with Crippen molar-refractivity contribution in [2.45, 2.75) is 70.4 Å². The lowest BCUT2D eigenvalue weighted by molar-refractivity contribution is -0.107. The average molecular weight is 343 g/mol. The smallest absolute Gasteiger partial charge is 0.258 e. The highest BCUT2D eigenvalue weighted by molar-refractivity contribution is 6.06. The van der Waals surface area contributed by atoms with Crippen LogP contribution in [0.3, 0.4) is 0 Å². The van der Waals surface area contributed by atoms with E-state index in [0.29, 0.717) is 22.4 Å². The van der Waals surface area contributed by atoms with Crippen LogP contribution in [0.15, 0.2) is 10.6 Å². The summed E-state index contributed by atoms with van der Waals surface area (Å²) >= 11 is 0. The largest absolute Gasteiger partial charge is 0.375 e. The first-order chi connectivity index (χ1) is 12.1. The van der Waals surface area contributed by atoms with Crippen molar-refractivity contribution in [1.29, 1.82) is 0 Å². The minimum atomic E-state index is -0.0698. The first-order valence-corrected chi connectivity index (χ1v) is 9.25. The molecule has 0 bridgehead atoms. The topological polar surface area (TPSA) is 77.2 Å². The summed E-state index contributed by atoms with van der Waals surface area (Å²) in [6.45, 7) is 4.42. The molecule has 0 radical (unpaired) electrons. The molecule has 25 heavy (non-hydrogen) atoms. The Labute approximate surface area is 147 Å². The average Bonchev–Trinajstić information content (AvgIpc) is 2.96. The van der Waals surface area contributed by atoms with E-state index in [1.165, 1.54) is 19.3 Å². The molecule has 2 aromatic heterocycles. The quantitative estimate of drug-likeness (QED) is 0.903. The first kappa shape index (κ1) is 16.5. The van der Waals surface area contributed by atoms with Gasteiger partial charge in [0.25, 0.3) is 11.6 Å². The summed E-state index contributed by atoms with van der Waals surface area (Å²) in [6.07, 6.45) is 7.75. The Morgan fingerprint density at radius 3 is 2.88 bits per heavy atom. The van der Waals surface area contributed by atoms with E-state index in [1.54, 1.807) is 0 Å². The van der Waals surface area contributed by atoms with Crippen LogP contribution in [-0.4, -0.2) is 34.3 Å². The highest BCUT2D eigenvalue weighted by Gasteiger charge is 2.39. The molecule has 1 aliphatic heterocycles. The molecule has 1 saturated carbocycles.